The monoisotopic (exact) mass is 404 g/mol. The first kappa shape index (κ1) is 19.9. The van der Waals surface area contributed by atoms with Crippen LogP contribution in [0.5, 0.6) is 0 Å². The SMILES string of the molecule is Cc1ccccc1SCC(=O)Nc1cccc(S(=O)(=O)N2CCCCC2)c1. The van der Waals surface area contributed by atoms with Gasteiger partial charge in [-0.1, -0.05) is 30.7 Å². The number of thioether (sulfide) groups is 1. The molecule has 0 spiro atoms. The minimum Gasteiger partial charge on any atom is -0.325 e. The smallest absolute Gasteiger partial charge is 0.243 e. The number of nitrogens with zero attached hydrogens (tertiary/aromatic N) is 1. The van der Waals surface area contributed by atoms with E-state index in [4.69, 9.17) is 0 Å². The first-order valence-corrected chi connectivity index (χ1v) is 11.5. The van der Waals surface area contributed by atoms with Gasteiger partial charge in [0.25, 0.3) is 0 Å². The van der Waals surface area contributed by atoms with Crippen LogP contribution in [-0.2, 0) is 14.8 Å². The predicted molar refractivity (Wildman–Crippen MR) is 110 cm³/mol. The molecule has 0 aliphatic carbocycles. The highest BCUT2D eigenvalue weighted by Crippen LogP contribution is 2.24. The summed E-state index contributed by atoms with van der Waals surface area (Å²) < 4.78 is 27.1. The molecule has 2 aromatic carbocycles. The van der Waals surface area contributed by atoms with Gasteiger partial charge in [0.1, 0.15) is 0 Å². The molecule has 27 heavy (non-hydrogen) atoms. The van der Waals surface area contributed by atoms with E-state index in [-0.39, 0.29) is 16.6 Å². The van der Waals surface area contributed by atoms with Crippen LogP contribution in [-0.4, -0.2) is 37.5 Å². The van der Waals surface area contributed by atoms with Gasteiger partial charge in [0.05, 0.1) is 10.6 Å². The maximum Gasteiger partial charge on any atom is 0.243 e. The summed E-state index contributed by atoms with van der Waals surface area (Å²) in [7, 11) is -3.50. The zero-order chi connectivity index (χ0) is 19.3. The van der Waals surface area contributed by atoms with Crippen LogP contribution < -0.4 is 5.32 Å². The Morgan fingerprint density at radius 1 is 1.07 bits per heavy atom. The Kier molecular flexibility index (Phi) is 6.57. The summed E-state index contributed by atoms with van der Waals surface area (Å²) in [6, 6.07) is 14.4. The molecule has 2 aromatic rings. The lowest BCUT2D eigenvalue weighted by molar-refractivity contribution is -0.113. The Balaban J connectivity index is 1.65. The number of rotatable bonds is 6. The minimum absolute atomic E-state index is 0.157. The fraction of sp³-hybridized carbons (Fsp3) is 0.350. The molecular weight excluding hydrogens is 380 g/mol. The summed E-state index contributed by atoms with van der Waals surface area (Å²) in [5, 5.41) is 2.80. The Morgan fingerprint density at radius 3 is 2.56 bits per heavy atom. The van der Waals surface area contributed by atoms with Crippen molar-refractivity contribution in [2.75, 3.05) is 24.2 Å². The van der Waals surface area contributed by atoms with Crippen molar-refractivity contribution in [3.63, 3.8) is 0 Å². The summed E-state index contributed by atoms with van der Waals surface area (Å²) in [5.41, 5.74) is 1.63. The third-order valence-electron chi connectivity index (χ3n) is 4.52. The first-order valence-electron chi connectivity index (χ1n) is 9.05. The van der Waals surface area contributed by atoms with Crippen molar-refractivity contribution < 1.29 is 13.2 Å². The van der Waals surface area contributed by atoms with E-state index in [2.05, 4.69) is 5.32 Å². The molecule has 0 radical (unpaired) electrons. The molecule has 0 aromatic heterocycles. The number of piperidine rings is 1. The number of benzene rings is 2. The van der Waals surface area contributed by atoms with Crippen molar-refractivity contribution in [2.24, 2.45) is 0 Å². The molecule has 1 aliphatic heterocycles. The molecule has 0 unspecified atom stereocenters. The Hall–Kier alpha value is -1.83. The summed E-state index contributed by atoms with van der Waals surface area (Å²) in [4.78, 5) is 13.6. The zero-order valence-electron chi connectivity index (χ0n) is 15.3. The molecule has 7 heteroatoms. The molecule has 1 N–H and O–H groups in total. The van der Waals surface area contributed by atoms with Gasteiger partial charge in [-0.3, -0.25) is 4.79 Å². The lowest BCUT2D eigenvalue weighted by Gasteiger charge is -2.26. The summed E-state index contributed by atoms with van der Waals surface area (Å²) in [6.45, 7) is 3.13. The second-order valence-corrected chi connectivity index (χ2v) is 9.55. The van der Waals surface area contributed by atoms with Crippen LogP contribution in [0.25, 0.3) is 0 Å². The maximum absolute atomic E-state index is 12.8. The van der Waals surface area contributed by atoms with Crippen LogP contribution in [0, 0.1) is 6.92 Å². The highest BCUT2D eigenvalue weighted by Gasteiger charge is 2.26. The number of amides is 1. The largest absolute Gasteiger partial charge is 0.325 e. The molecule has 1 fully saturated rings. The Labute approximate surface area is 165 Å². The molecule has 1 aliphatic rings. The van der Waals surface area contributed by atoms with Gasteiger partial charge in [0.2, 0.25) is 15.9 Å². The third kappa shape index (κ3) is 5.12. The van der Waals surface area contributed by atoms with Gasteiger partial charge in [-0.15, -0.1) is 11.8 Å². The van der Waals surface area contributed by atoms with Crippen molar-refractivity contribution >= 4 is 33.4 Å². The Morgan fingerprint density at radius 2 is 1.81 bits per heavy atom. The van der Waals surface area contributed by atoms with Crippen LogP contribution in [0.15, 0.2) is 58.3 Å². The second-order valence-electron chi connectivity index (χ2n) is 6.59. The fourth-order valence-electron chi connectivity index (χ4n) is 3.05. The van der Waals surface area contributed by atoms with Crippen LogP contribution in [0.1, 0.15) is 24.8 Å². The summed E-state index contributed by atoms with van der Waals surface area (Å²) in [5.74, 6) is 0.115. The number of carbonyl (C=O) groups excluding carboxylic acids is 1. The van der Waals surface area contributed by atoms with Gasteiger partial charge >= 0.3 is 0 Å². The van der Waals surface area contributed by atoms with Crippen molar-refractivity contribution in [3.05, 3.63) is 54.1 Å². The number of carbonyl (C=O) groups is 1. The van der Waals surface area contributed by atoms with Crippen LogP contribution in [0.2, 0.25) is 0 Å². The predicted octanol–water partition coefficient (Wildman–Crippen LogP) is 3.90. The summed E-state index contributed by atoms with van der Waals surface area (Å²) in [6.07, 6.45) is 2.86. The molecule has 5 nitrogen and oxygen atoms in total. The molecular formula is C20H24N2O3S2. The standard InChI is InChI=1S/C20H24N2O3S2/c1-16-8-3-4-11-19(16)26-15-20(23)21-17-9-7-10-18(14-17)27(24,25)22-12-5-2-6-13-22/h3-4,7-11,14H,2,5-6,12-13,15H2,1H3,(H,21,23). The van der Waals surface area contributed by atoms with E-state index in [0.717, 1.165) is 29.7 Å². The van der Waals surface area contributed by atoms with Crippen LogP contribution in [0.4, 0.5) is 5.69 Å². The molecule has 1 amide bonds. The second kappa shape index (κ2) is 8.91. The number of nitrogens with one attached hydrogen (secondary N) is 1. The van der Waals surface area contributed by atoms with Crippen molar-refractivity contribution in [1.29, 1.82) is 0 Å². The number of hydrogen-bond donors (Lipinski definition) is 1. The van der Waals surface area contributed by atoms with E-state index < -0.39 is 10.0 Å². The normalized spacial score (nSPS) is 15.4. The van der Waals surface area contributed by atoms with Gasteiger partial charge in [0, 0.05) is 23.7 Å². The number of hydrogen-bond acceptors (Lipinski definition) is 4. The van der Waals surface area contributed by atoms with E-state index in [1.165, 1.54) is 16.1 Å². The van der Waals surface area contributed by atoms with E-state index in [1.807, 2.05) is 31.2 Å². The van der Waals surface area contributed by atoms with Crippen molar-refractivity contribution in [1.82, 2.24) is 4.31 Å². The van der Waals surface area contributed by atoms with Gasteiger partial charge in [-0.2, -0.15) is 4.31 Å². The highest BCUT2D eigenvalue weighted by molar-refractivity contribution is 8.00. The molecule has 3 rings (SSSR count). The number of sulfonamides is 1. The average molecular weight is 405 g/mol. The van der Waals surface area contributed by atoms with Crippen molar-refractivity contribution in [3.8, 4) is 0 Å². The molecule has 1 saturated heterocycles. The van der Waals surface area contributed by atoms with E-state index in [0.29, 0.717) is 18.8 Å². The zero-order valence-corrected chi connectivity index (χ0v) is 17.0. The Bertz CT molecular complexity index is 907. The van der Waals surface area contributed by atoms with Crippen LogP contribution >= 0.6 is 11.8 Å². The maximum atomic E-state index is 12.8. The molecule has 0 saturated carbocycles. The van der Waals surface area contributed by atoms with Gasteiger partial charge in [0.15, 0.2) is 0 Å². The average Bonchev–Trinajstić information content (AvgIpc) is 2.68. The molecule has 144 valence electrons. The third-order valence-corrected chi connectivity index (χ3v) is 7.59. The van der Waals surface area contributed by atoms with Gasteiger partial charge in [-0.25, -0.2) is 8.42 Å². The number of anilines is 1. The quantitative estimate of drug-likeness (QED) is 0.742. The summed E-state index contributed by atoms with van der Waals surface area (Å²) >= 11 is 1.47. The molecule has 0 bridgehead atoms. The van der Waals surface area contributed by atoms with Gasteiger partial charge in [-0.05, 0) is 49.6 Å². The molecule has 1 heterocycles. The number of aryl methyl sites for hydroxylation is 1. The van der Waals surface area contributed by atoms with Gasteiger partial charge < -0.3 is 5.32 Å². The fourth-order valence-corrected chi connectivity index (χ4v) is 5.44. The first-order chi connectivity index (χ1) is 13.0. The minimum atomic E-state index is -3.50. The van der Waals surface area contributed by atoms with E-state index >= 15 is 0 Å². The lowest BCUT2D eigenvalue weighted by Crippen LogP contribution is -2.35. The van der Waals surface area contributed by atoms with Crippen LogP contribution in [0.3, 0.4) is 0 Å². The topological polar surface area (TPSA) is 66.5 Å². The van der Waals surface area contributed by atoms with E-state index in [9.17, 15) is 13.2 Å². The van der Waals surface area contributed by atoms with E-state index in [1.54, 1.807) is 24.3 Å². The molecule has 0 atom stereocenters. The lowest BCUT2D eigenvalue weighted by atomic mass is 10.2. The highest BCUT2D eigenvalue weighted by atomic mass is 32.2. The van der Waals surface area contributed by atoms with Crippen molar-refractivity contribution in [2.45, 2.75) is 36.0 Å².